The second kappa shape index (κ2) is 8.97. The van der Waals surface area contributed by atoms with Crippen molar-refractivity contribution in [3.8, 4) is 5.69 Å². The summed E-state index contributed by atoms with van der Waals surface area (Å²) >= 11 is 0. The van der Waals surface area contributed by atoms with E-state index >= 15 is 0 Å². The SMILES string of the molecule is CCOC(CNC(=O)Nc1ccc(-n2cccc2)cc1)OCC. The van der Waals surface area contributed by atoms with Crippen LogP contribution in [0.15, 0.2) is 48.8 Å². The van der Waals surface area contributed by atoms with Crippen LogP contribution in [0.1, 0.15) is 13.8 Å². The highest BCUT2D eigenvalue weighted by Gasteiger charge is 2.10. The van der Waals surface area contributed by atoms with E-state index in [0.717, 1.165) is 11.4 Å². The standard InChI is InChI=1S/C17H23N3O3/c1-3-22-16(23-4-2)13-18-17(21)19-14-7-9-15(10-8-14)20-11-5-6-12-20/h5-12,16H,3-4,13H2,1-2H3,(H2,18,19,21). The molecule has 0 aliphatic carbocycles. The van der Waals surface area contributed by atoms with Crippen LogP contribution in [0.25, 0.3) is 5.69 Å². The van der Waals surface area contributed by atoms with Crippen LogP contribution >= 0.6 is 0 Å². The van der Waals surface area contributed by atoms with Crippen LogP contribution in [-0.4, -0.2) is 36.6 Å². The van der Waals surface area contributed by atoms with Crippen LogP contribution in [0.5, 0.6) is 0 Å². The Bertz CT molecular complexity index is 576. The summed E-state index contributed by atoms with van der Waals surface area (Å²) in [7, 11) is 0. The zero-order valence-corrected chi connectivity index (χ0v) is 13.5. The molecular weight excluding hydrogens is 294 g/mol. The van der Waals surface area contributed by atoms with Crippen molar-refractivity contribution in [1.29, 1.82) is 0 Å². The van der Waals surface area contributed by atoms with E-state index in [9.17, 15) is 4.79 Å². The molecule has 2 N–H and O–H groups in total. The lowest BCUT2D eigenvalue weighted by Crippen LogP contribution is -2.37. The molecule has 1 heterocycles. The first-order valence-corrected chi connectivity index (χ1v) is 7.74. The summed E-state index contributed by atoms with van der Waals surface area (Å²) in [5.41, 5.74) is 1.76. The number of amides is 2. The van der Waals surface area contributed by atoms with E-state index in [-0.39, 0.29) is 6.03 Å². The molecule has 0 atom stereocenters. The third-order valence-corrected chi connectivity index (χ3v) is 3.16. The maximum Gasteiger partial charge on any atom is 0.319 e. The van der Waals surface area contributed by atoms with Crippen molar-refractivity contribution < 1.29 is 14.3 Å². The van der Waals surface area contributed by atoms with Gasteiger partial charge in [-0.15, -0.1) is 0 Å². The molecule has 0 radical (unpaired) electrons. The first-order chi connectivity index (χ1) is 11.2. The van der Waals surface area contributed by atoms with Gasteiger partial charge >= 0.3 is 6.03 Å². The van der Waals surface area contributed by atoms with Crippen LogP contribution < -0.4 is 10.6 Å². The lowest BCUT2D eigenvalue weighted by atomic mass is 10.3. The van der Waals surface area contributed by atoms with Gasteiger partial charge in [-0.2, -0.15) is 0 Å². The number of nitrogens with zero attached hydrogens (tertiary/aromatic N) is 1. The van der Waals surface area contributed by atoms with Gasteiger partial charge in [-0.05, 0) is 50.2 Å². The molecule has 1 aromatic carbocycles. The van der Waals surface area contributed by atoms with Crippen LogP contribution in [0.4, 0.5) is 10.5 Å². The fourth-order valence-electron chi connectivity index (χ4n) is 2.11. The Labute approximate surface area is 136 Å². The maximum absolute atomic E-state index is 11.9. The Morgan fingerprint density at radius 2 is 1.70 bits per heavy atom. The summed E-state index contributed by atoms with van der Waals surface area (Å²) in [5, 5.41) is 5.52. The van der Waals surface area contributed by atoms with Gasteiger partial charge in [0.1, 0.15) is 0 Å². The molecule has 6 heteroatoms. The molecule has 0 aliphatic heterocycles. The molecule has 1 aromatic heterocycles. The average Bonchev–Trinajstić information content (AvgIpc) is 3.08. The fourth-order valence-corrected chi connectivity index (χ4v) is 2.11. The maximum atomic E-state index is 11.9. The van der Waals surface area contributed by atoms with Gasteiger partial charge in [-0.25, -0.2) is 4.79 Å². The lowest BCUT2D eigenvalue weighted by molar-refractivity contribution is -0.131. The van der Waals surface area contributed by atoms with Crippen LogP contribution in [-0.2, 0) is 9.47 Å². The highest BCUT2D eigenvalue weighted by Crippen LogP contribution is 2.13. The number of carbonyl (C=O) groups is 1. The molecule has 0 saturated heterocycles. The van der Waals surface area contributed by atoms with Crippen LogP contribution in [0.3, 0.4) is 0 Å². The largest absolute Gasteiger partial charge is 0.351 e. The third-order valence-electron chi connectivity index (χ3n) is 3.16. The molecule has 0 unspecified atom stereocenters. The third kappa shape index (κ3) is 5.43. The Hall–Kier alpha value is -2.31. The summed E-state index contributed by atoms with van der Waals surface area (Å²) in [6, 6.07) is 11.2. The predicted molar refractivity (Wildman–Crippen MR) is 89.8 cm³/mol. The molecule has 0 saturated carbocycles. The number of ether oxygens (including phenoxy) is 2. The van der Waals surface area contributed by atoms with Crippen molar-refractivity contribution in [3.05, 3.63) is 48.8 Å². The van der Waals surface area contributed by atoms with E-state index in [1.165, 1.54) is 0 Å². The van der Waals surface area contributed by atoms with Gasteiger partial charge in [0.05, 0.1) is 6.54 Å². The van der Waals surface area contributed by atoms with Gasteiger partial charge in [0, 0.05) is 37.0 Å². The monoisotopic (exact) mass is 317 g/mol. The Morgan fingerprint density at radius 1 is 1.09 bits per heavy atom. The van der Waals surface area contributed by atoms with E-state index in [2.05, 4.69) is 10.6 Å². The van der Waals surface area contributed by atoms with E-state index in [1.54, 1.807) is 0 Å². The molecule has 23 heavy (non-hydrogen) atoms. The molecule has 0 fully saturated rings. The molecular formula is C17H23N3O3. The zero-order valence-electron chi connectivity index (χ0n) is 13.5. The van der Waals surface area contributed by atoms with Gasteiger partial charge in [-0.1, -0.05) is 0 Å². The zero-order chi connectivity index (χ0) is 16.5. The van der Waals surface area contributed by atoms with Crippen molar-refractivity contribution in [2.45, 2.75) is 20.1 Å². The summed E-state index contributed by atoms with van der Waals surface area (Å²) in [6.45, 7) is 5.15. The fraction of sp³-hybridized carbons (Fsp3) is 0.353. The van der Waals surface area contributed by atoms with E-state index in [4.69, 9.17) is 9.47 Å². The number of hydrogen-bond donors (Lipinski definition) is 2. The molecule has 2 rings (SSSR count). The first kappa shape index (κ1) is 17.1. The molecule has 124 valence electrons. The molecule has 6 nitrogen and oxygen atoms in total. The summed E-state index contributed by atoms with van der Waals surface area (Å²) < 4.78 is 12.7. The number of aromatic nitrogens is 1. The van der Waals surface area contributed by atoms with Crippen molar-refractivity contribution in [1.82, 2.24) is 9.88 Å². The van der Waals surface area contributed by atoms with Gasteiger partial charge in [0.2, 0.25) is 0 Å². The topological polar surface area (TPSA) is 64.5 Å². The van der Waals surface area contributed by atoms with E-state index < -0.39 is 6.29 Å². The minimum atomic E-state index is -0.424. The van der Waals surface area contributed by atoms with Gasteiger partial charge in [0.25, 0.3) is 0 Å². The Morgan fingerprint density at radius 3 is 2.26 bits per heavy atom. The number of hydrogen-bond acceptors (Lipinski definition) is 3. The van der Waals surface area contributed by atoms with Gasteiger partial charge in [-0.3, -0.25) is 0 Å². The number of urea groups is 1. The predicted octanol–water partition coefficient (Wildman–Crippen LogP) is 3.00. The van der Waals surface area contributed by atoms with Gasteiger partial charge in [0.15, 0.2) is 6.29 Å². The smallest absolute Gasteiger partial charge is 0.319 e. The molecule has 0 bridgehead atoms. The normalized spacial score (nSPS) is 10.7. The number of carbonyl (C=O) groups excluding carboxylic acids is 1. The van der Waals surface area contributed by atoms with Gasteiger partial charge < -0.3 is 24.7 Å². The lowest BCUT2D eigenvalue weighted by Gasteiger charge is -2.17. The molecule has 2 aromatic rings. The minimum absolute atomic E-state index is 0.289. The van der Waals surface area contributed by atoms with Crippen LogP contribution in [0.2, 0.25) is 0 Å². The number of rotatable bonds is 8. The van der Waals surface area contributed by atoms with Crippen molar-refractivity contribution in [2.24, 2.45) is 0 Å². The molecule has 0 spiro atoms. The van der Waals surface area contributed by atoms with Crippen molar-refractivity contribution in [3.63, 3.8) is 0 Å². The second-order valence-corrected chi connectivity index (χ2v) is 4.81. The van der Waals surface area contributed by atoms with E-state index in [0.29, 0.717) is 19.8 Å². The number of anilines is 1. The van der Waals surface area contributed by atoms with E-state index in [1.807, 2.05) is 67.2 Å². The molecule has 2 amide bonds. The summed E-state index contributed by atoms with van der Waals surface area (Å²) in [6.07, 6.45) is 3.51. The Kier molecular flexibility index (Phi) is 6.65. The van der Waals surface area contributed by atoms with Crippen molar-refractivity contribution >= 4 is 11.7 Å². The summed E-state index contributed by atoms with van der Waals surface area (Å²) in [5.74, 6) is 0. The second-order valence-electron chi connectivity index (χ2n) is 4.81. The first-order valence-electron chi connectivity index (χ1n) is 7.74. The number of nitrogens with one attached hydrogen (secondary N) is 2. The summed E-state index contributed by atoms with van der Waals surface area (Å²) in [4.78, 5) is 11.9. The van der Waals surface area contributed by atoms with Crippen LogP contribution in [0, 0.1) is 0 Å². The molecule has 0 aliphatic rings. The quantitative estimate of drug-likeness (QED) is 0.736. The number of benzene rings is 1. The minimum Gasteiger partial charge on any atom is -0.351 e. The average molecular weight is 317 g/mol. The highest BCUT2D eigenvalue weighted by molar-refractivity contribution is 5.89. The Balaban J connectivity index is 1.83. The van der Waals surface area contributed by atoms with Crippen molar-refractivity contribution in [2.75, 3.05) is 25.1 Å². The highest BCUT2D eigenvalue weighted by atomic mass is 16.7.